The van der Waals surface area contributed by atoms with E-state index in [-0.39, 0.29) is 25.1 Å². The van der Waals surface area contributed by atoms with Gasteiger partial charge >= 0.3 is 12.1 Å². The minimum Gasteiger partial charge on any atom is -0.468 e. The Kier molecular flexibility index (Phi) is 11.5. The highest BCUT2D eigenvalue weighted by Gasteiger charge is 2.32. The number of likely N-dealkylation sites (N-methyl/N-ethyl adjacent to an activating group) is 1. The largest absolute Gasteiger partial charge is 0.468 e. The number of methoxy groups -OCH3 is 1. The molecule has 1 fully saturated rings. The van der Waals surface area contributed by atoms with E-state index in [0.29, 0.717) is 24.3 Å². The second kappa shape index (κ2) is 15.3. The van der Waals surface area contributed by atoms with Crippen LogP contribution in [0.2, 0.25) is 0 Å². The molecule has 2 heterocycles. The Bertz CT molecular complexity index is 1360. The van der Waals surface area contributed by atoms with Crippen molar-refractivity contribution in [3.63, 3.8) is 0 Å². The Morgan fingerprint density at radius 3 is 2.29 bits per heavy atom. The molecule has 1 saturated heterocycles. The minimum atomic E-state index is -3.59. The molecule has 1 aliphatic heterocycles. The molecule has 0 saturated carbocycles. The monoisotopic (exact) mass is 613 g/mol. The quantitative estimate of drug-likeness (QED) is 0.255. The number of hydrogen-bond acceptors (Lipinski definition) is 8. The van der Waals surface area contributed by atoms with Gasteiger partial charge < -0.3 is 14.4 Å². The van der Waals surface area contributed by atoms with Crippen LogP contribution in [-0.2, 0) is 30.9 Å². The summed E-state index contributed by atoms with van der Waals surface area (Å²) in [7, 11) is -0.640. The first kappa shape index (κ1) is 31.7. The number of thiophene rings is 1. The Morgan fingerprint density at radius 2 is 1.67 bits per heavy atom. The Labute approximate surface area is 252 Å². The van der Waals surface area contributed by atoms with Crippen molar-refractivity contribution >= 4 is 33.4 Å². The molecule has 11 heteroatoms. The van der Waals surface area contributed by atoms with Crippen LogP contribution < -0.4 is 0 Å². The fourth-order valence-corrected chi connectivity index (χ4v) is 7.26. The normalized spacial score (nSPS) is 15.3. The van der Waals surface area contributed by atoms with Crippen LogP contribution in [-0.4, -0.2) is 87.5 Å². The number of likely N-dealkylation sites (tertiary alicyclic amines) is 1. The van der Waals surface area contributed by atoms with Crippen LogP contribution in [0, 0.1) is 0 Å². The molecule has 1 aromatic heterocycles. The maximum absolute atomic E-state index is 13.2. The van der Waals surface area contributed by atoms with Gasteiger partial charge in [-0.15, -0.1) is 11.3 Å². The zero-order chi connectivity index (χ0) is 30.0. The van der Waals surface area contributed by atoms with Gasteiger partial charge in [0.1, 0.15) is 13.2 Å². The highest BCUT2D eigenvalue weighted by molar-refractivity contribution is 7.89. The Balaban J connectivity index is 1.33. The molecular formula is C31H39N3O6S2. The van der Waals surface area contributed by atoms with E-state index in [1.54, 1.807) is 48.7 Å². The van der Waals surface area contributed by atoms with Gasteiger partial charge in [-0.25, -0.2) is 17.5 Å². The summed E-state index contributed by atoms with van der Waals surface area (Å²) in [6.45, 7) is 2.66. The van der Waals surface area contributed by atoms with Crippen molar-refractivity contribution in [1.29, 1.82) is 0 Å². The summed E-state index contributed by atoms with van der Waals surface area (Å²) in [4.78, 5) is 30.4. The van der Waals surface area contributed by atoms with Crippen LogP contribution in [0.3, 0.4) is 0 Å². The molecule has 0 aliphatic carbocycles. The predicted molar refractivity (Wildman–Crippen MR) is 163 cm³/mol. The molecule has 4 rings (SSSR count). The van der Waals surface area contributed by atoms with E-state index >= 15 is 0 Å². The summed E-state index contributed by atoms with van der Waals surface area (Å²) in [5.74, 6) is -0.433. The van der Waals surface area contributed by atoms with E-state index in [2.05, 4.69) is 11.0 Å². The van der Waals surface area contributed by atoms with Crippen LogP contribution in [0.1, 0.15) is 35.6 Å². The van der Waals surface area contributed by atoms with Crippen molar-refractivity contribution in [3.8, 4) is 0 Å². The van der Waals surface area contributed by atoms with Gasteiger partial charge in [0.2, 0.25) is 10.0 Å². The molecule has 0 unspecified atom stereocenters. The van der Waals surface area contributed by atoms with Crippen molar-refractivity contribution in [2.24, 2.45) is 0 Å². The van der Waals surface area contributed by atoms with Gasteiger partial charge in [-0.1, -0.05) is 54.6 Å². The summed E-state index contributed by atoms with van der Waals surface area (Å²) >= 11 is 1.64. The second-order valence-corrected chi connectivity index (χ2v) is 13.4. The van der Waals surface area contributed by atoms with Crippen molar-refractivity contribution in [1.82, 2.24) is 14.1 Å². The molecule has 3 aromatic rings. The lowest BCUT2D eigenvalue weighted by Gasteiger charge is -2.38. The smallest absolute Gasteiger partial charge is 0.410 e. The first-order valence-corrected chi connectivity index (χ1v) is 16.4. The third kappa shape index (κ3) is 8.64. The molecule has 1 aliphatic rings. The maximum Gasteiger partial charge on any atom is 0.410 e. The van der Waals surface area contributed by atoms with Gasteiger partial charge in [0.25, 0.3) is 0 Å². The first-order valence-electron chi connectivity index (χ1n) is 14.1. The number of sulfonamides is 1. The number of carbonyl (C=O) groups excluding carboxylic acids is 2. The van der Waals surface area contributed by atoms with E-state index in [1.807, 2.05) is 41.8 Å². The van der Waals surface area contributed by atoms with E-state index in [9.17, 15) is 18.0 Å². The maximum atomic E-state index is 13.2. The molecule has 1 atom stereocenters. The first-order chi connectivity index (χ1) is 20.3. The summed E-state index contributed by atoms with van der Waals surface area (Å²) in [5.41, 5.74) is 0.876. The van der Waals surface area contributed by atoms with Crippen molar-refractivity contribution in [3.05, 3.63) is 88.6 Å². The lowest BCUT2D eigenvalue weighted by atomic mass is 10.00. The van der Waals surface area contributed by atoms with E-state index < -0.39 is 22.1 Å². The fourth-order valence-electron chi connectivity index (χ4n) is 5.17. The van der Waals surface area contributed by atoms with Crippen molar-refractivity contribution < 1.29 is 27.5 Å². The van der Waals surface area contributed by atoms with Gasteiger partial charge in [-0.05, 0) is 54.9 Å². The van der Waals surface area contributed by atoms with Crippen LogP contribution >= 0.6 is 11.3 Å². The number of hydrogen-bond donors (Lipinski definition) is 0. The van der Waals surface area contributed by atoms with Gasteiger partial charge in [0, 0.05) is 43.5 Å². The van der Waals surface area contributed by atoms with Crippen LogP contribution in [0.15, 0.2) is 83.1 Å². The number of nitrogens with zero attached hydrogens (tertiary/aromatic N) is 3. The number of piperidine rings is 1. The predicted octanol–water partition coefficient (Wildman–Crippen LogP) is 4.82. The minimum absolute atomic E-state index is 0.0509. The van der Waals surface area contributed by atoms with Gasteiger partial charge in [-0.3, -0.25) is 9.69 Å². The molecule has 0 spiro atoms. The standard InChI is InChI=1S/C31H39N3O6S2/c1-32(42(37,38)28-12-7-4-8-13-28)22-26(29-14-9-21-41-29)15-18-33-19-16-27(17-20-33)34(23-30(35)39-2)31(36)40-24-25-10-5-3-6-11-25/h3-14,21,26-27H,15-20,22-24H2,1-2H3/t26-/m0/s1. The SMILES string of the molecule is COC(=O)CN(C(=O)OCc1ccccc1)C1CCN(CC[C@@H](CN(C)S(=O)(=O)c2ccccc2)c2cccs2)CC1. The number of rotatable bonds is 13. The summed E-state index contributed by atoms with van der Waals surface area (Å²) in [6.07, 6.45) is 1.67. The molecule has 0 radical (unpaired) electrons. The zero-order valence-electron chi connectivity index (χ0n) is 24.1. The average molecular weight is 614 g/mol. The topological polar surface area (TPSA) is 96.5 Å². The highest BCUT2D eigenvalue weighted by Crippen LogP contribution is 2.28. The number of benzene rings is 2. The van der Waals surface area contributed by atoms with E-state index in [1.165, 1.54) is 16.3 Å². The molecule has 2 aromatic carbocycles. The van der Waals surface area contributed by atoms with Crippen LogP contribution in [0.4, 0.5) is 4.79 Å². The third-order valence-corrected chi connectivity index (χ3v) is 10.5. The molecular weight excluding hydrogens is 574 g/mol. The van der Waals surface area contributed by atoms with Crippen LogP contribution in [0.5, 0.6) is 0 Å². The number of carbonyl (C=O) groups is 2. The lowest BCUT2D eigenvalue weighted by Crippen LogP contribution is -2.49. The molecule has 9 nitrogen and oxygen atoms in total. The molecule has 0 bridgehead atoms. The molecule has 1 amide bonds. The summed E-state index contributed by atoms with van der Waals surface area (Å²) in [6, 6.07) is 21.9. The van der Waals surface area contributed by atoms with Crippen molar-refractivity contribution in [2.75, 3.05) is 46.9 Å². The number of esters is 1. The van der Waals surface area contributed by atoms with E-state index in [4.69, 9.17) is 9.47 Å². The van der Waals surface area contributed by atoms with Gasteiger partial charge in [-0.2, -0.15) is 0 Å². The van der Waals surface area contributed by atoms with Crippen LogP contribution in [0.25, 0.3) is 0 Å². The average Bonchev–Trinajstić information content (AvgIpc) is 3.57. The second-order valence-electron chi connectivity index (χ2n) is 10.4. The molecule has 226 valence electrons. The molecule has 42 heavy (non-hydrogen) atoms. The Hall–Kier alpha value is -3.25. The summed E-state index contributed by atoms with van der Waals surface area (Å²) in [5, 5.41) is 2.02. The highest BCUT2D eigenvalue weighted by atomic mass is 32.2. The molecule has 0 N–H and O–H groups in total. The summed E-state index contributed by atoms with van der Waals surface area (Å²) < 4.78 is 38.2. The van der Waals surface area contributed by atoms with E-state index in [0.717, 1.165) is 36.5 Å². The lowest BCUT2D eigenvalue weighted by molar-refractivity contribution is -0.142. The van der Waals surface area contributed by atoms with Gasteiger partial charge in [0.05, 0.1) is 12.0 Å². The third-order valence-electron chi connectivity index (χ3n) is 7.63. The Morgan fingerprint density at radius 1 is 1.00 bits per heavy atom. The van der Waals surface area contributed by atoms with Gasteiger partial charge in [0.15, 0.2) is 0 Å². The number of amides is 1. The number of ether oxygens (including phenoxy) is 2. The van der Waals surface area contributed by atoms with Crippen molar-refractivity contribution in [2.45, 2.75) is 42.7 Å². The fraction of sp³-hybridized carbons (Fsp3) is 0.419. The zero-order valence-corrected chi connectivity index (χ0v) is 25.8.